The molecule has 0 saturated heterocycles. The molecule has 4 rings (SSSR count). The van der Waals surface area contributed by atoms with Gasteiger partial charge in [-0.25, -0.2) is 18.0 Å². The van der Waals surface area contributed by atoms with Crippen LogP contribution >= 0.6 is 11.6 Å². The van der Waals surface area contributed by atoms with Gasteiger partial charge in [0.15, 0.2) is 11.6 Å². The van der Waals surface area contributed by atoms with E-state index in [9.17, 15) is 18.4 Å². The van der Waals surface area contributed by atoms with Crippen LogP contribution in [0, 0.1) is 5.82 Å². The van der Waals surface area contributed by atoms with E-state index in [1.54, 1.807) is 18.2 Å². The van der Waals surface area contributed by atoms with Crippen LogP contribution in [0.2, 0.25) is 5.02 Å². The second-order valence-corrected chi connectivity index (χ2v) is 8.13. The number of halogens is 4. The maximum absolute atomic E-state index is 15.4. The van der Waals surface area contributed by atoms with Crippen LogP contribution in [-0.2, 0) is 0 Å². The molecule has 0 aliphatic heterocycles. The van der Waals surface area contributed by atoms with Crippen molar-refractivity contribution in [1.29, 1.82) is 0 Å². The molecule has 9 nitrogen and oxygen atoms in total. The van der Waals surface area contributed by atoms with Gasteiger partial charge in [0.1, 0.15) is 28.9 Å². The van der Waals surface area contributed by atoms with Crippen molar-refractivity contribution in [2.24, 2.45) is 5.73 Å². The maximum atomic E-state index is 15.4. The highest BCUT2D eigenvalue weighted by Gasteiger charge is 2.25. The molecule has 0 fully saturated rings. The number of methoxy groups -OCH3 is 1. The van der Waals surface area contributed by atoms with E-state index in [-0.39, 0.29) is 39.4 Å². The average Bonchev–Trinajstić information content (AvgIpc) is 2.90. The average molecular weight is 562 g/mol. The van der Waals surface area contributed by atoms with E-state index in [2.05, 4.69) is 10.3 Å². The number of ether oxygens (including phenoxy) is 4. The predicted octanol–water partition coefficient (Wildman–Crippen LogP) is 6.18. The number of carbonyl (C=O) groups is 2. The number of nitrogens with zero attached hydrogens (tertiary/aromatic N) is 1. The maximum Gasteiger partial charge on any atom is 0.417 e. The molecule has 0 radical (unpaired) electrons. The van der Waals surface area contributed by atoms with Gasteiger partial charge in [-0.2, -0.15) is 0 Å². The number of rotatable bonds is 9. The highest BCUT2D eigenvalue weighted by Crippen LogP contribution is 2.46. The molecular formula is C26H19ClF3N3O6. The summed E-state index contributed by atoms with van der Waals surface area (Å²) in [6, 6.07) is 12.9. The molecule has 3 N–H and O–H groups in total. The lowest BCUT2D eigenvalue weighted by Crippen LogP contribution is -2.17. The molecule has 3 aromatic carbocycles. The zero-order valence-electron chi connectivity index (χ0n) is 20.0. The van der Waals surface area contributed by atoms with Gasteiger partial charge in [0.05, 0.1) is 23.9 Å². The lowest BCUT2D eigenvalue weighted by atomic mass is 10.1. The summed E-state index contributed by atoms with van der Waals surface area (Å²) in [5, 5.41) is 2.03. The number of nitrogens with two attached hydrogens (primary N) is 1. The third kappa shape index (κ3) is 6.24. The molecule has 202 valence electrons. The van der Waals surface area contributed by atoms with E-state index in [1.165, 1.54) is 43.6 Å². The van der Waals surface area contributed by atoms with Gasteiger partial charge >= 0.3 is 6.09 Å². The second-order valence-electron chi connectivity index (χ2n) is 7.75. The van der Waals surface area contributed by atoms with E-state index in [4.69, 9.17) is 36.3 Å². The number of benzene rings is 3. The van der Waals surface area contributed by atoms with Crippen LogP contribution in [0.25, 0.3) is 10.9 Å². The summed E-state index contributed by atoms with van der Waals surface area (Å²) in [4.78, 5) is 28.4. The molecule has 1 heterocycles. The summed E-state index contributed by atoms with van der Waals surface area (Å²) < 4.78 is 62.4. The Morgan fingerprint density at radius 3 is 2.49 bits per heavy atom. The molecule has 0 spiro atoms. The molecule has 13 heteroatoms. The number of anilines is 1. The van der Waals surface area contributed by atoms with Gasteiger partial charge in [0, 0.05) is 23.7 Å². The number of fused-ring (bicyclic) bond motifs is 1. The topological polar surface area (TPSA) is 122 Å². The molecule has 0 unspecified atom stereocenters. The van der Waals surface area contributed by atoms with Crippen molar-refractivity contribution in [2.75, 3.05) is 19.0 Å². The quantitative estimate of drug-likeness (QED) is 0.250. The van der Waals surface area contributed by atoms with E-state index in [1.807, 2.05) is 0 Å². The molecule has 0 aliphatic rings. The second kappa shape index (κ2) is 11.8. The number of nitrogens with one attached hydrogen (secondary N) is 1. The van der Waals surface area contributed by atoms with Gasteiger partial charge in [-0.1, -0.05) is 29.8 Å². The van der Waals surface area contributed by atoms with Gasteiger partial charge in [0.2, 0.25) is 5.75 Å². The van der Waals surface area contributed by atoms with Crippen molar-refractivity contribution in [3.8, 4) is 28.7 Å². The van der Waals surface area contributed by atoms with Crippen LogP contribution in [-0.4, -0.2) is 37.1 Å². The summed E-state index contributed by atoms with van der Waals surface area (Å²) in [7, 11) is 1.34. The molecule has 0 aliphatic carbocycles. The Hall–Kier alpha value is -4.71. The first-order chi connectivity index (χ1) is 18.7. The van der Waals surface area contributed by atoms with Crippen molar-refractivity contribution in [3.63, 3.8) is 0 Å². The van der Waals surface area contributed by atoms with Gasteiger partial charge in [-0.3, -0.25) is 15.1 Å². The fourth-order valence-corrected chi connectivity index (χ4v) is 3.73. The van der Waals surface area contributed by atoms with Gasteiger partial charge in [-0.15, -0.1) is 0 Å². The molecule has 39 heavy (non-hydrogen) atoms. The number of hydrogen-bond acceptors (Lipinski definition) is 7. The van der Waals surface area contributed by atoms with Crippen LogP contribution in [0.4, 0.5) is 23.7 Å². The van der Waals surface area contributed by atoms with Crippen LogP contribution in [0.5, 0.6) is 28.7 Å². The fraction of sp³-hybridized carbons (Fsp3) is 0.115. The summed E-state index contributed by atoms with van der Waals surface area (Å²) in [5.74, 6) is -2.90. The molecule has 0 bridgehead atoms. The van der Waals surface area contributed by atoms with Crippen LogP contribution in [0.1, 0.15) is 10.4 Å². The van der Waals surface area contributed by atoms with Crippen molar-refractivity contribution in [3.05, 3.63) is 77.2 Å². The summed E-state index contributed by atoms with van der Waals surface area (Å²) in [6.45, 7) is -1.16. The number of pyridine rings is 1. The van der Waals surface area contributed by atoms with E-state index >= 15 is 4.39 Å². The smallest absolute Gasteiger partial charge is 0.417 e. The standard InChI is InChI=1S/C26H19ClF3N3O6/c1-36-20-11-17-14(9-15(20)25(31)34)19(7-8-32-17)39-23-16(28)10-18(22(27)24(23)37-12-21(29)30)33-26(35)38-13-5-3-2-4-6-13/h2-11,21H,12H2,1H3,(H2,31,34)(H,33,35). The molecule has 2 amide bonds. The van der Waals surface area contributed by atoms with E-state index in [0.717, 1.165) is 6.07 Å². The van der Waals surface area contributed by atoms with Gasteiger partial charge in [-0.05, 0) is 24.3 Å². The van der Waals surface area contributed by atoms with Crippen molar-refractivity contribution >= 4 is 40.2 Å². The molecule has 1 aromatic heterocycles. The molecule has 0 saturated carbocycles. The number of primary amides is 1. The Bertz CT molecular complexity index is 1540. The predicted molar refractivity (Wildman–Crippen MR) is 136 cm³/mol. The Morgan fingerprint density at radius 1 is 1.08 bits per heavy atom. The molecule has 4 aromatic rings. The number of para-hydroxylation sites is 1. The van der Waals surface area contributed by atoms with Crippen molar-refractivity contribution < 1.29 is 41.7 Å². The number of amides is 2. The lowest BCUT2D eigenvalue weighted by molar-refractivity contribution is 0.0805. The van der Waals surface area contributed by atoms with Crippen LogP contribution in [0.3, 0.4) is 0 Å². The summed E-state index contributed by atoms with van der Waals surface area (Å²) in [6.07, 6.45) is -2.64. The highest BCUT2D eigenvalue weighted by molar-refractivity contribution is 6.35. The SMILES string of the molecule is COc1cc2nccc(Oc3c(F)cc(NC(=O)Oc4ccccc4)c(Cl)c3OCC(F)F)c2cc1C(N)=O. The Labute approximate surface area is 224 Å². The number of hydrogen-bond donors (Lipinski definition) is 2. The monoisotopic (exact) mass is 561 g/mol. The van der Waals surface area contributed by atoms with Gasteiger partial charge < -0.3 is 24.7 Å². The lowest BCUT2D eigenvalue weighted by Gasteiger charge is -2.18. The largest absolute Gasteiger partial charge is 0.496 e. The minimum atomic E-state index is -2.94. The van der Waals surface area contributed by atoms with E-state index in [0.29, 0.717) is 0 Å². The first-order valence-electron chi connectivity index (χ1n) is 11.1. The van der Waals surface area contributed by atoms with Crippen LogP contribution in [0.15, 0.2) is 60.8 Å². The Kier molecular flexibility index (Phi) is 8.25. The zero-order valence-corrected chi connectivity index (χ0v) is 20.8. The highest BCUT2D eigenvalue weighted by atomic mass is 35.5. The molecule has 0 atom stereocenters. The Balaban J connectivity index is 1.74. The minimum absolute atomic E-state index is 0.00740. The third-order valence-electron chi connectivity index (χ3n) is 5.17. The van der Waals surface area contributed by atoms with Crippen molar-refractivity contribution in [2.45, 2.75) is 6.43 Å². The summed E-state index contributed by atoms with van der Waals surface area (Å²) in [5.41, 5.74) is 5.39. The fourth-order valence-electron chi connectivity index (χ4n) is 3.49. The molecular weight excluding hydrogens is 543 g/mol. The zero-order chi connectivity index (χ0) is 28.1. The first-order valence-corrected chi connectivity index (χ1v) is 11.5. The first kappa shape index (κ1) is 27.3. The number of alkyl halides is 2. The summed E-state index contributed by atoms with van der Waals surface area (Å²) >= 11 is 6.33. The van der Waals surface area contributed by atoms with E-state index < -0.39 is 47.4 Å². The number of aromatic nitrogens is 1. The van der Waals surface area contributed by atoms with Crippen molar-refractivity contribution in [1.82, 2.24) is 4.98 Å². The minimum Gasteiger partial charge on any atom is -0.496 e. The normalized spacial score (nSPS) is 10.8. The third-order valence-corrected chi connectivity index (χ3v) is 5.55. The number of carbonyl (C=O) groups excluding carboxylic acids is 2. The van der Waals surface area contributed by atoms with Crippen LogP contribution < -0.4 is 30.0 Å². The van der Waals surface area contributed by atoms with Gasteiger partial charge in [0.25, 0.3) is 12.3 Å². The Morgan fingerprint density at radius 2 is 1.82 bits per heavy atom.